The summed E-state index contributed by atoms with van der Waals surface area (Å²) in [6.45, 7) is -0.666. The van der Waals surface area contributed by atoms with Gasteiger partial charge in [0.2, 0.25) is 11.8 Å². The number of rotatable bonds is 9. The minimum absolute atomic E-state index is 0.0585. The number of aliphatic hydroxyl groups is 3. The van der Waals surface area contributed by atoms with Crippen LogP contribution in [0.2, 0.25) is 0 Å². The van der Waals surface area contributed by atoms with Crippen LogP contribution in [-0.2, 0) is 14.3 Å². The highest BCUT2D eigenvalue weighted by Crippen LogP contribution is 2.61. The van der Waals surface area contributed by atoms with Crippen molar-refractivity contribution >= 4 is 17.7 Å². The predicted molar refractivity (Wildman–Crippen MR) is 150 cm³/mol. The Labute approximate surface area is 259 Å². The first-order valence-electron chi connectivity index (χ1n) is 14.8. The fourth-order valence-corrected chi connectivity index (χ4v) is 8.76. The zero-order valence-corrected chi connectivity index (χ0v) is 25.4. The highest BCUT2D eigenvalue weighted by molar-refractivity contribution is 8.01. The van der Waals surface area contributed by atoms with Crippen LogP contribution in [0, 0.1) is 23.4 Å². The van der Waals surface area contributed by atoms with E-state index >= 15 is 0 Å². The third-order valence-electron chi connectivity index (χ3n) is 10.1. The van der Waals surface area contributed by atoms with E-state index in [9.17, 15) is 42.1 Å². The Morgan fingerprint density at radius 3 is 2.33 bits per heavy atom. The van der Waals surface area contributed by atoms with E-state index in [0.29, 0.717) is 5.92 Å². The molecule has 1 amide bonds. The van der Waals surface area contributed by atoms with Gasteiger partial charge in [-0.2, -0.15) is 0 Å². The normalized spacial score (nSPS) is 34.0. The van der Waals surface area contributed by atoms with Gasteiger partial charge in [-0.25, -0.2) is 26.6 Å². The first kappa shape index (κ1) is 32.6. The van der Waals surface area contributed by atoms with E-state index in [1.54, 1.807) is 11.9 Å². The Morgan fingerprint density at radius 2 is 1.80 bits per heavy atom. The van der Waals surface area contributed by atoms with Gasteiger partial charge in [-0.05, 0) is 50.2 Å². The van der Waals surface area contributed by atoms with E-state index in [-0.39, 0.29) is 29.6 Å². The van der Waals surface area contributed by atoms with Gasteiger partial charge in [0.05, 0.1) is 18.4 Å². The number of benzene rings is 1. The summed E-state index contributed by atoms with van der Waals surface area (Å²) >= 11 is 0.879. The molecule has 2 bridgehead atoms. The number of alkyl halides is 2. The van der Waals surface area contributed by atoms with E-state index in [4.69, 9.17) is 9.47 Å². The molecule has 16 heteroatoms. The minimum atomic E-state index is -2.97. The third-order valence-corrected chi connectivity index (χ3v) is 11.6. The second-order valence-electron chi connectivity index (χ2n) is 12.8. The Morgan fingerprint density at radius 1 is 1.18 bits per heavy atom. The van der Waals surface area contributed by atoms with Gasteiger partial charge in [0.25, 0.3) is 0 Å². The van der Waals surface area contributed by atoms with Crippen LogP contribution in [-0.4, -0.2) is 108 Å². The van der Waals surface area contributed by atoms with E-state index in [2.05, 4.69) is 10.3 Å². The molecule has 2 heterocycles. The molecule has 5 fully saturated rings. The minimum Gasteiger partial charge on any atom is -0.394 e. The molecule has 1 aromatic heterocycles. The van der Waals surface area contributed by atoms with Crippen LogP contribution in [0.1, 0.15) is 51.0 Å². The second kappa shape index (κ2) is 11.7. The van der Waals surface area contributed by atoms with Crippen LogP contribution < -0.4 is 0 Å². The molecule has 0 spiro atoms. The quantitative estimate of drug-likeness (QED) is 0.274. The average Bonchev–Trinajstić information content (AvgIpc) is 3.44. The molecule has 248 valence electrons. The molecule has 2 aromatic rings. The zero-order valence-electron chi connectivity index (χ0n) is 24.6. The number of thioether (sulfide) groups is 1. The van der Waals surface area contributed by atoms with Crippen molar-refractivity contribution in [2.45, 2.75) is 97.0 Å². The van der Waals surface area contributed by atoms with Crippen LogP contribution in [0.15, 0.2) is 18.3 Å². The van der Waals surface area contributed by atoms with Gasteiger partial charge in [0.1, 0.15) is 40.7 Å². The monoisotopic (exact) mass is 662 g/mol. The average molecular weight is 663 g/mol. The molecule has 1 aromatic carbocycles. The summed E-state index contributed by atoms with van der Waals surface area (Å²) in [4.78, 5) is 15.7. The fraction of sp³-hybridized carbons (Fsp3) is 0.690. The highest BCUT2D eigenvalue weighted by atomic mass is 32.2. The van der Waals surface area contributed by atoms with Crippen molar-refractivity contribution in [3.63, 3.8) is 0 Å². The Kier molecular flexibility index (Phi) is 8.47. The molecule has 4 saturated carbocycles. The van der Waals surface area contributed by atoms with Crippen molar-refractivity contribution in [1.82, 2.24) is 19.9 Å². The number of halogens is 5. The van der Waals surface area contributed by atoms with E-state index in [0.717, 1.165) is 47.8 Å². The number of amides is 1. The Hall–Kier alpha value is -2.37. The van der Waals surface area contributed by atoms with Crippen molar-refractivity contribution in [3.8, 4) is 11.3 Å². The lowest BCUT2D eigenvalue weighted by atomic mass is 9.49. The molecule has 0 radical (unpaired) electrons. The number of methoxy groups -OCH3 is 1. The maximum Gasteiger partial charge on any atom is 0.248 e. The lowest BCUT2D eigenvalue weighted by Crippen LogP contribution is -2.70. The van der Waals surface area contributed by atoms with E-state index < -0.39 is 89.4 Å². The topological polar surface area (TPSA) is 130 Å². The first-order valence-corrected chi connectivity index (χ1v) is 15.7. The number of hydrogen-bond acceptors (Lipinski definition) is 9. The number of hydrogen-bond donors (Lipinski definition) is 3. The molecule has 0 unspecified atom stereocenters. The second-order valence-corrected chi connectivity index (χ2v) is 14.0. The van der Waals surface area contributed by atoms with Gasteiger partial charge >= 0.3 is 0 Å². The summed E-state index contributed by atoms with van der Waals surface area (Å²) in [5.41, 5.74) is -3.45. The number of aromatic nitrogens is 3. The standard InChI is InChI=1S/C29H35F5N4O6S/c1-37(27-9-14(10-27)11-27)25(41)24(28(42)3-5-29(33,34)6-4-28)45-26-23(43-2)21(22(40)19(13-39)44-26)38-12-18(35-36-38)15-7-16(30)20(32)17(31)8-15/h7-8,12,14,19,21-24,26,39-40,42H,3-6,9-11,13H2,1-2H3/t14?,19-,21+,22+,23-,24-,26+,27?/m1/s1. The van der Waals surface area contributed by atoms with Gasteiger partial charge < -0.3 is 29.7 Å². The van der Waals surface area contributed by atoms with Gasteiger partial charge in [0, 0.05) is 38.1 Å². The summed E-state index contributed by atoms with van der Waals surface area (Å²) in [6.07, 6.45) is -1.90. The van der Waals surface area contributed by atoms with E-state index in [1.807, 2.05) is 0 Å². The van der Waals surface area contributed by atoms with Gasteiger partial charge in [0.15, 0.2) is 17.5 Å². The molecule has 6 atom stereocenters. The smallest absolute Gasteiger partial charge is 0.248 e. The Balaban J connectivity index is 1.31. The van der Waals surface area contributed by atoms with Gasteiger partial charge in [-0.1, -0.05) is 5.21 Å². The molecule has 4 aliphatic carbocycles. The number of ether oxygens (including phenoxy) is 2. The molecule has 10 nitrogen and oxygen atoms in total. The molecular formula is C29H35F5N4O6S. The van der Waals surface area contributed by atoms with E-state index in [1.165, 1.54) is 13.3 Å². The molecule has 1 saturated heterocycles. The number of nitrogens with zero attached hydrogens (tertiary/aromatic N) is 4. The lowest BCUT2D eigenvalue weighted by molar-refractivity contribution is -0.187. The zero-order chi connectivity index (χ0) is 32.5. The lowest BCUT2D eigenvalue weighted by Gasteiger charge is -2.66. The molecule has 5 aliphatic rings. The maximum atomic E-state index is 14.2. The molecular weight excluding hydrogens is 627 g/mol. The number of aliphatic hydroxyl groups excluding tert-OH is 2. The number of carbonyl (C=O) groups excluding carboxylic acids is 1. The largest absolute Gasteiger partial charge is 0.394 e. The summed E-state index contributed by atoms with van der Waals surface area (Å²) in [5.74, 6) is -7.38. The summed E-state index contributed by atoms with van der Waals surface area (Å²) in [7, 11) is 2.96. The summed E-state index contributed by atoms with van der Waals surface area (Å²) < 4.78 is 82.6. The van der Waals surface area contributed by atoms with Gasteiger partial charge in [-0.15, -0.1) is 16.9 Å². The van der Waals surface area contributed by atoms with Crippen LogP contribution >= 0.6 is 11.8 Å². The number of carbonyl (C=O) groups is 1. The molecule has 1 aliphatic heterocycles. The summed E-state index contributed by atoms with van der Waals surface area (Å²) in [5, 5.41) is 39.8. The Bertz CT molecular complexity index is 1400. The van der Waals surface area contributed by atoms with Crippen LogP contribution in [0.25, 0.3) is 11.3 Å². The van der Waals surface area contributed by atoms with Crippen LogP contribution in [0.5, 0.6) is 0 Å². The summed E-state index contributed by atoms with van der Waals surface area (Å²) in [6, 6.07) is 0.345. The highest BCUT2D eigenvalue weighted by Gasteiger charge is 2.62. The van der Waals surface area contributed by atoms with Crippen LogP contribution in [0.4, 0.5) is 22.0 Å². The third kappa shape index (κ3) is 5.64. The van der Waals surface area contributed by atoms with Crippen molar-refractivity contribution < 1.29 is 51.5 Å². The van der Waals surface area contributed by atoms with Crippen molar-refractivity contribution in [2.75, 3.05) is 20.8 Å². The SMILES string of the molecule is CO[C@@H]1[C@@H](n2cc(-c3cc(F)c(F)c(F)c3)nn2)[C@@H](O)[C@@H](CO)O[C@H]1S[C@H](C(=O)N(C)C12CC(C1)C2)C1(O)CCC(F)(F)CC1. The molecule has 3 N–H and O–H groups in total. The van der Waals surface area contributed by atoms with Crippen molar-refractivity contribution in [3.05, 3.63) is 35.8 Å². The first-order chi connectivity index (χ1) is 21.2. The predicted octanol–water partition coefficient (Wildman–Crippen LogP) is 3.05. The van der Waals surface area contributed by atoms with Crippen molar-refractivity contribution in [1.29, 1.82) is 0 Å². The molecule has 7 rings (SSSR count). The van der Waals surface area contributed by atoms with Gasteiger partial charge in [-0.3, -0.25) is 4.79 Å². The molecule has 45 heavy (non-hydrogen) atoms. The van der Waals surface area contributed by atoms with Crippen molar-refractivity contribution in [2.24, 2.45) is 5.92 Å². The maximum absolute atomic E-state index is 14.2. The van der Waals surface area contributed by atoms with Crippen LogP contribution in [0.3, 0.4) is 0 Å². The fourth-order valence-electron chi connectivity index (χ4n) is 7.09.